The minimum absolute atomic E-state index is 0.377. The lowest BCUT2D eigenvalue weighted by Gasteiger charge is -2.21. The van der Waals surface area contributed by atoms with Gasteiger partial charge in [-0.25, -0.2) is 17.5 Å². The largest absolute Gasteiger partial charge is 0.490 e. The quantitative estimate of drug-likeness (QED) is 0.639. The van der Waals surface area contributed by atoms with Crippen molar-refractivity contribution in [2.24, 2.45) is 0 Å². The molecule has 0 aromatic heterocycles. The molecular formula is C23H22FNO4S. The molecule has 7 heteroatoms. The molecule has 1 atom stereocenters. The Bertz CT molecular complexity index is 1120. The summed E-state index contributed by atoms with van der Waals surface area (Å²) >= 11 is 0. The van der Waals surface area contributed by atoms with Gasteiger partial charge in [-0.3, -0.25) is 0 Å². The number of benzene rings is 3. The number of halogens is 1. The second-order valence-electron chi connectivity index (χ2n) is 7.05. The van der Waals surface area contributed by atoms with Gasteiger partial charge in [-0.15, -0.1) is 0 Å². The Balaban J connectivity index is 1.70. The fraction of sp³-hybridized carbons (Fsp3) is 0.217. The maximum Gasteiger partial charge on any atom is 0.244 e. The van der Waals surface area contributed by atoms with Crippen molar-refractivity contribution in [3.8, 4) is 11.5 Å². The van der Waals surface area contributed by atoms with Gasteiger partial charge in [0.2, 0.25) is 10.0 Å². The standard InChI is InChI=1S/C23H22FNO4S/c24-19-9-4-5-10-23(19)30(26,27)25-20(15-17-7-2-1-3-8-17)18-11-12-21-22(16-18)29-14-6-13-28-21/h1-5,7-12,16,20,25H,6,13-15H2. The molecular weight excluding hydrogens is 405 g/mol. The minimum atomic E-state index is -4.08. The van der Waals surface area contributed by atoms with E-state index in [0.29, 0.717) is 36.7 Å². The molecule has 3 aromatic rings. The third-order valence-electron chi connectivity index (χ3n) is 4.88. The van der Waals surface area contributed by atoms with Gasteiger partial charge in [0.15, 0.2) is 11.5 Å². The SMILES string of the molecule is O=S(=O)(NC(Cc1ccccc1)c1ccc2c(c1)OCCCO2)c1ccccc1F. The molecule has 1 aliphatic rings. The minimum Gasteiger partial charge on any atom is -0.490 e. The van der Waals surface area contributed by atoms with Crippen LogP contribution in [0.5, 0.6) is 11.5 Å². The van der Waals surface area contributed by atoms with Crippen LogP contribution in [0.1, 0.15) is 23.6 Å². The number of ether oxygens (including phenoxy) is 2. The van der Waals surface area contributed by atoms with E-state index in [0.717, 1.165) is 18.1 Å². The van der Waals surface area contributed by atoms with Crippen LogP contribution in [0.2, 0.25) is 0 Å². The summed E-state index contributed by atoms with van der Waals surface area (Å²) < 4.78 is 54.2. The van der Waals surface area contributed by atoms with E-state index < -0.39 is 21.9 Å². The Kier molecular flexibility index (Phi) is 6.01. The van der Waals surface area contributed by atoms with Gasteiger partial charge in [-0.05, 0) is 41.8 Å². The first-order chi connectivity index (χ1) is 14.5. The Hall–Kier alpha value is -2.90. The molecule has 0 radical (unpaired) electrons. The second-order valence-corrected chi connectivity index (χ2v) is 8.73. The van der Waals surface area contributed by atoms with Crippen molar-refractivity contribution in [1.82, 2.24) is 4.72 Å². The highest BCUT2D eigenvalue weighted by Crippen LogP contribution is 2.34. The van der Waals surface area contributed by atoms with Gasteiger partial charge in [-0.1, -0.05) is 48.5 Å². The first-order valence-electron chi connectivity index (χ1n) is 9.73. The summed E-state index contributed by atoms with van der Waals surface area (Å²) in [6.45, 7) is 1.10. The van der Waals surface area contributed by atoms with Crippen molar-refractivity contribution in [3.63, 3.8) is 0 Å². The van der Waals surface area contributed by atoms with E-state index in [-0.39, 0.29) is 4.90 Å². The summed E-state index contributed by atoms with van der Waals surface area (Å²) in [4.78, 5) is -0.377. The van der Waals surface area contributed by atoms with Gasteiger partial charge >= 0.3 is 0 Å². The monoisotopic (exact) mass is 427 g/mol. The van der Waals surface area contributed by atoms with Crippen LogP contribution in [0.15, 0.2) is 77.7 Å². The van der Waals surface area contributed by atoms with E-state index in [9.17, 15) is 12.8 Å². The topological polar surface area (TPSA) is 64.6 Å². The molecule has 0 saturated carbocycles. The molecule has 1 heterocycles. The number of sulfonamides is 1. The van der Waals surface area contributed by atoms with Gasteiger partial charge in [-0.2, -0.15) is 0 Å². The summed E-state index contributed by atoms with van der Waals surface area (Å²) in [6, 6.07) is 19.6. The summed E-state index contributed by atoms with van der Waals surface area (Å²) in [5.41, 5.74) is 1.66. The Morgan fingerprint density at radius 3 is 2.37 bits per heavy atom. The molecule has 0 aliphatic carbocycles. The van der Waals surface area contributed by atoms with Gasteiger partial charge in [0, 0.05) is 6.42 Å². The highest BCUT2D eigenvalue weighted by molar-refractivity contribution is 7.89. The molecule has 0 saturated heterocycles. The van der Waals surface area contributed by atoms with Crippen LogP contribution in [-0.4, -0.2) is 21.6 Å². The molecule has 156 valence electrons. The van der Waals surface area contributed by atoms with E-state index in [1.807, 2.05) is 36.4 Å². The van der Waals surface area contributed by atoms with Gasteiger partial charge in [0.25, 0.3) is 0 Å². The summed E-state index contributed by atoms with van der Waals surface area (Å²) in [7, 11) is -4.08. The fourth-order valence-corrected chi connectivity index (χ4v) is 4.69. The molecule has 30 heavy (non-hydrogen) atoms. The first-order valence-corrected chi connectivity index (χ1v) is 11.2. The number of fused-ring (bicyclic) bond motifs is 1. The van der Waals surface area contributed by atoms with Crippen molar-refractivity contribution >= 4 is 10.0 Å². The number of hydrogen-bond donors (Lipinski definition) is 1. The van der Waals surface area contributed by atoms with Crippen molar-refractivity contribution in [2.75, 3.05) is 13.2 Å². The normalized spacial score (nSPS) is 14.7. The van der Waals surface area contributed by atoms with E-state index in [4.69, 9.17) is 9.47 Å². The zero-order chi connectivity index (χ0) is 21.0. The molecule has 0 fully saturated rings. The molecule has 0 spiro atoms. The summed E-state index contributed by atoms with van der Waals surface area (Å²) in [5.74, 6) is 0.418. The van der Waals surface area contributed by atoms with Crippen LogP contribution in [0.4, 0.5) is 4.39 Å². The molecule has 1 N–H and O–H groups in total. The highest BCUT2D eigenvalue weighted by Gasteiger charge is 2.25. The maximum atomic E-state index is 14.2. The van der Waals surface area contributed by atoms with Crippen molar-refractivity contribution in [1.29, 1.82) is 0 Å². The van der Waals surface area contributed by atoms with Crippen molar-refractivity contribution in [3.05, 3.63) is 89.7 Å². The average molecular weight is 427 g/mol. The van der Waals surface area contributed by atoms with Crippen LogP contribution >= 0.6 is 0 Å². The molecule has 5 nitrogen and oxygen atoms in total. The van der Waals surface area contributed by atoms with E-state index in [2.05, 4.69) is 4.72 Å². The van der Waals surface area contributed by atoms with Crippen LogP contribution in [0.25, 0.3) is 0 Å². The van der Waals surface area contributed by atoms with Crippen molar-refractivity contribution < 1.29 is 22.3 Å². The lowest BCUT2D eigenvalue weighted by Crippen LogP contribution is -2.30. The third kappa shape index (κ3) is 4.63. The third-order valence-corrected chi connectivity index (χ3v) is 6.39. The van der Waals surface area contributed by atoms with E-state index >= 15 is 0 Å². The highest BCUT2D eigenvalue weighted by atomic mass is 32.2. The van der Waals surface area contributed by atoms with E-state index in [1.165, 1.54) is 18.2 Å². The molecule has 4 rings (SSSR count). The van der Waals surface area contributed by atoms with E-state index in [1.54, 1.807) is 12.1 Å². The van der Waals surface area contributed by atoms with Crippen molar-refractivity contribution in [2.45, 2.75) is 23.8 Å². The number of rotatable bonds is 6. The smallest absolute Gasteiger partial charge is 0.244 e. The zero-order valence-electron chi connectivity index (χ0n) is 16.3. The molecule has 0 bridgehead atoms. The van der Waals surface area contributed by atoms with Crippen LogP contribution in [0.3, 0.4) is 0 Å². The number of hydrogen-bond acceptors (Lipinski definition) is 4. The van der Waals surface area contributed by atoms with Gasteiger partial charge < -0.3 is 9.47 Å². The predicted octanol–water partition coefficient (Wildman–Crippen LogP) is 4.25. The van der Waals surface area contributed by atoms with Gasteiger partial charge in [0.05, 0.1) is 19.3 Å². The number of nitrogens with one attached hydrogen (secondary N) is 1. The van der Waals surface area contributed by atoms with Crippen LogP contribution in [-0.2, 0) is 16.4 Å². The Labute approximate surface area is 175 Å². The summed E-state index contributed by atoms with van der Waals surface area (Å²) in [5, 5.41) is 0. The Morgan fingerprint density at radius 1 is 0.900 bits per heavy atom. The Morgan fingerprint density at radius 2 is 1.60 bits per heavy atom. The van der Waals surface area contributed by atoms with Crippen LogP contribution in [0, 0.1) is 5.82 Å². The fourth-order valence-electron chi connectivity index (χ4n) is 3.39. The predicted molar refractivity (Wildman–Crippen MR) is 112 cm³/mol. The maximum absolute atomic E-state index is 14.2. The average Bonchev–Trinajstić information content (AvgIpc) is 2.99. The zero-order valence-corrected chi connectivity index (χ0v) is 17.1. The lowest BCUT2D eigenvalue weighted by atomic mass is 9.99. The second kappa shape index (κ2) is 8.85. The lowest BCUT2D eigenvalue weighted by molar-refractivity contribution is 0.297. The molecule has 0 amide bonds. The molecule has 3 aromatic carbocycles. The first kappa shape index (κ1) is 20.4. The summed E-state index contributed by atoms with van der Waals surface area (Å²) in [6.07, 6.45) is 1.17. The van der Waals surface area contributed by atoms with Gasteiger partial charge in [0.1, 0.15) is 10.7 Å². The molecule has 1 aliphatic heterocycles. The van der Waals surface area contributed by atoms with Crippen LogP contribution < -0.4 is 14.2 Å². The molecule has 1 unspecified atom stereocenters.